The van der Waals surface area contributed by atoms with Gasteiger partial charge in [-0.2, -0.15) is 0 Å². The van der Waals surface area contributed by atoms with Crippen LogP contribution in [0.3, 0.4) is 0 Å². The van der Waals surface area contributed by atoms with Crippen molar-refractivity contribution in [2.45, 2.75) is 124 Å². The third-order valence-corrected chi connectivity index (χ3v) is 14.7. The molecule has 0 bridgehead atoms. The Bertz CT molecular complexity index is 3110. The van der Waals surface area contributed by atoms with E-state index in [1.165, 1.54) is 18.2 Å². The van der Waals surface area contributed by atoms with Gasteiger partial charge in [0.15, 0.2) is 6.10 Å². The molecule has 6 aromatic rings. The maximum Gasteiger partial charge on any atom is 0.265 e. The van der Waals surface area contributed by atoms with E-state index in [1.54, 1.807) is 69.3 Å². The zero-order chi connectivity index (χ0) is 56.7. The van der Waals surface area contributed by atoms with E-state index in [9.17, 15) is 34.5 Å². The standard InChI is InChI=1S/C32H37Cl3N2O4.C18H17ClN2O3.C9H10Cl2O/c1-3-5-7-9-15-30(41-29-17-16-21(18-25(29)35)12-8-6-4-2)32(40)36-26-20-28(38)27(19-24(26)34)37-31(39)22-13-10-11-14-23(22)33;1-9-5-4-6-10(7-9)16(23)20-12-8-11(19)14-13(15(12)22)18(2,3)17(24)21-14;1-3-6-7(10)4-5(2)9(12)8(6)11/h10-11,13-14,16-20,30,38H,3-9,12,15H2,1-2H3,(H,36,40)(H,37,39);4-8,22H,1-3H3,(H,20,23)(H,21,24);4,12H,3H2,1-2H3. The molecule has 1 aliphatic rings. The number of ether oxygens (including phenoxy) is 1. The third kappa shape index (κ3) is 16.3. The number of nitrogens with one attached hydrogen (secondary N) is 4. The van der Waals surface area contributed by atoms with Crippen molar-refractivity contribution in [3.05, 3.63) is 160 Å². The summed E-state index contributed by atoms with van der Waals surface area (Å²) in [5.41, 5.74) is 4.60. The molecule has 7 N–H and O–H groups in total. The average Bonchev–Trinajstić information content (AvgIpc) is 3.69. The number of carbonyl (C=O) groups excluding carboxylic acids is 4. The van der Waals surface area contributed by atoms with Crippen LogP contribution in [0.5, 0.6) is 23.0 Å². The molecule has 7 rings (SSSR count). The van der Waals surface area contributed by atoms with Gasteiger partial charge in [-0.25, -0.2) is 0 Å². The summed E-state index contributed by atoms with van der Waals surface area (Å²) < 4.78 is 6.13. The number of fused-ring (bicyclic) bond motifs is 1. The second kappa shape index (κ2) is 28.7. The molecular weight excluding hydrogens is 1110 g/mol. The molecule has 410 valence electrons. The Labute approximate surface area is 480 Å². The molecule has 6 aromatic carbocycles. The van der Waals surface area contributed by atoms with Crippen LogP contribution < -0.4 is 26.0 Å². The Morgan fingerprint density at radius 1 is 0.649 bits per heavy atom. The summed E-state index contributed by atoms with van der Waals surface area (Å²) in [5, 5.41) is 43.5. The van der Waals surface area contributed by atoms with Crippen LogP contribution in [-0.4, -0.2) is 45.1 Å². The summed E-state index contributed by atoms with van der Waals surface area (Å²) in [6.45, 7) is 13.3. The molecule has 1 unspecified atom stereocenters. The molecule has 77 heavy (non-hydrogen) atoms. The van der Waals surface area contributed by atoms with Gasteiger partial charge in [-0.1, -0.05) is 158 Å². The molecule has 12 nitrogen and oxygen atoms in total. The van der Waals surface area contributed by atoms with Crippen molar-refractivity contribution in [3.63, 3.8) is 0 Å². The molecule has 1 heterocycles. The first-order valence-corrected chi connectivity index (χ1v) is 27.6. The number of rotatable bonds is 18. The number of phenols is 3. The van der Waals surface area contributed by atoms with Gasteiger partial charge in [0.1, 0.15) is 23.0 Å². The molecule has 1 atom stereocenters. The average molecular weight is 1170 g/mol. The molecule has 0 fully saturated rings. The number of hydrogen-bond acceptors (Lipinski definition) is 8. The number of amides is 4. The van der Waals surface area contributed by atoms with Gasteiger partial charge < -0.3 is 41.3 Å². The van der Waals surface area contributed by atoms with Crippen molar-refractivity contribution < 1.29 is 39.2 Å². The molecule has 0 saturated carbocycles. The number of unbranched alkanes of at least 4 members (excludes halogenated alkanes) is 5. The highest BCUT2D eigenvalue weighted by molar-refractivity contribution is 6.38. The smallest absolute Gasteiger partial charge is 0.265 e. The second-order valence-electron chi connectivity index (χ2n) is 19.0. The van der Waals surface area contributed by atoms with Crippen molar-refractivity contribution in [2.75, 3.05) is 21.3 Å². The lowest BCUT2D eigenvalue weighted by molar-refractivity contribution is -0.123. The lowest BCUT2D eigenvalue weighted by atomic mass is 9.85. The summed E-state index contributed by atoms with van der Waals surface area (Å²) in [6.07, 6.45) is 8.60. The van der Waals surface area contributed by atoms with Crippen LogP contribution in [0.15, 0.2) is 91.0 Å². The topological polar surface area (TPSA) is 186 Å². The fraction of sp³-hybridized carbons (Fsp3) is 0.322. The normalized spacial score (nSPS) is 12.5. The van der Waals surface area contributed by atoms with Gasteiger partial charge in [0.05, 0.1) is 58.8 Å². The quantitative estimate of drug-likeness (QED) is 0.0327. The summed E-state index contributed by atoms with van der Waals surface area (Å²) >= 11 is 37.1. The van der Waals surface area contributed by atoms with Crippen LogP contribution in [0.1, 0.15) is 135 Å². The highest BCUT2D eigenvalue weighted by Crippen LogP contribution is 2.50. The zero-order valence-corrected chi connectivity index (χ0v) is 48.5. The zero-order valence-electron chi connectivity index (χ0n) is 44.0. The van der Waals surface area contributed by atoms with Gasteiger partial charge in [0.25, 0.3) is 17.7 Å². The largest absolute Gasteiger partial charge is 0.506 e. The fourth-order valence-electron chi connectivity index (χ4n) is 8.25. The van der Waals surface area contributed by atoms with Crippen molar-refractivity contribution >= 4 is 116 Å². The molecule has 0 radical (unpaired) electrons. The van der Waals surface area contributed by atoms with Gasteiger partial charge in [-0.3, -0.25) is 19.2 Å². The number of benzene rings is 6. The Kier molecular flexibility index (Phi) is 23.1. The number of aromatic hydroxyl groups is 3. The predicted molar refractivity (Wildman–Crippen MR) is 315 cm³/mol. The van der Waals surface area contributed by atoms with Crippen molar-refractivity contribution in [1.82, 2.24) is 0 Å². The first kappa shape index (κ1) is 62.0. The summed E-state index contributed by atoms with van der Waals surface area (Å²) in [7, 11) is 0. The van der Waals surface area contributed by atoms with Crippen LogP contribution in [0, 0.1) is 13.8 Å². The van der Waals surface area contributed by atoms with E-state index in [0.717, 1.165) is 74.5 Å². The first-order chi connectivity index (χ1) is 36.5. The molecule has 0 spiro atoms. The van der Waals surface area contributed by atoms with Crippen LogP contribution in [-0.2, 0) is 27.8 Å². The number of anilines is 4. The molecule has 0 aromatic heterocycles. The predicted octanol–water partition coefficient (Wildman–Crippen LogP) is 17.1. The summed E-state index contributed by atoms with van der Waals surface area (Å²) in [5.74, 6) is -1.39. The van der Waals surface area contributed by atoms with Gasteiger partial charge in [0.2, 0.25) is 5.91 Å². The molecule has 1 aliphatic heterocycles. The number of hydrogen-bond donors (Lipinski definition) is 7. The minimum atomic E-state index is -0.937. The van der Waals surface area contributed by atoms with Gasteiger partial charge >= 0.3 is 0 Å². The minimum absolute atomic E-state index is 0.0797. The van der Waals surface area contributed by atoms with Crippen molar-refractivity contribution in [3.8, 4) is 23.0 Å². The van der Waals surface area contributed by atoms with E-state index in [1.807, 2.05) is 38.1 Å². The summed E-state index contributed by atoms with van der Waals surface area (Å²) in [4.78, 5) is 50.5. The second-order valence-corrected chi connectivity index (χ2v) is 21.4. The Hall–Kier alpha value is -5.86. The van der Waals surface area contributed by atoms with Crippen LogP contribution in [0.2, 0.25) is 30.1 Å². The molecule has 0 saturated heterocycles. The molecule has 4 amide bonds. The number of phenolic OH excluding ortho intramolecular Hbond substituents is 3. The Balaban J connectivity index is 0.000000252. The van der Waals surface area contributed by atoms with Crippen LogP contribution >= 0.6 is 69.6 Å². The lowest BCUT2D eigenvalue weighted by Crippen LogP contribution is -2.33. The van der Waals surface area contributed by atoms with Crippen molar-refractivity contribution in [2.24, 2.45) is 0 Å². The van der Waals surface area contributed by atoms with Crippen molar-refractivity contribution in [1.29, 1.82) is 0 Å². The Morgan fingerprint density at radius 2 is 1.32 bits per heavy atom. The van der Waals surface area contributed by atoms with E-state index in [4.69, 9.17) is 74.3 Å². The van der Waals surface area contributed by atoms with Crippen LogP contribution in [0.4, 0.5) is 22.7 Å². The lowest BCUT2D eigenvalue weighted by Gasteiger charge is -2.21. The maximum atomic E-state index is 13.4. The monoisotopic (exact) mass is 1170 g/mol. The van der Waals surface area contributed by atoms with E-state index in [0.29, 0.717) is 49.6 Å². The van der Waals surface area contributed by atoms with Gasteiger partial charge in [-0.05, 0) is 131 Å². The first-order valence-electron chi connectivity index (χ1n) is 25.3. The van der Waals surface area contributed by atoms with E-state index < -0.39 is 23.3 Å². The number of halogens is 6. The number of carbonyl (C=O) groups is 4. The van der Waals surface area contributed by atoms with E-state index in [-0.39, 0.29) is 66.8 Å². The third-order valence-electron chi connectivity index (χ3n) is 12.7. The van der Waals surface area contributed by atoms with E-state index >= 15 is 0 Å². The maximum absolute atomic E-state index is 13.4. The van der Waals surface area contributed by atoms with Crippen LogP contribution in [0.25, 0.3) is 0 Å². The highest BCUT2D eigenvalue weighted by atomic mass is 35.5. The number of aryl methyl sites for hydroxylation is 3. The van der Waals surface area contributed by atoms with Gasteiger partial charge in [-0.15, -0.1) is 0 Å². The fourth-order valence-corrected chi connectivity index (χ4v) is 10.0. The molecule has 18 heteroatoms. The molecule has 0 aliphatic carbocycles. The summed E-state index contributed by atoms with van der Waals surface area (Å²) in [6, 6.07) is 25.2. The Morgan fingerprint density at radius 3 is 1.99 bits per heavy atom. The highest BCUT2D eigenvalue weighted by Gasteiger charge is 2.43. The SMILES string of the molecule is CCCCCCC(Oc1ccc(CCCCC)cc1Cl)C(=O)Nc1cc(O)c(NC(=O)c2ccccc2Cl)cc1Cl.CCc1c(Cl)cc(C)c(O)c1Cl.Cc1cccc(C(=O)Nc2cc(Cl)c3c(c2O)C(C)(C)C(=O)N3)c1. The molecular formula is C59H64Cl6N4O8. The van der Waals surface area contributed by atoms with E-state index in [2.05, 4.69) is 35.1 Å². The minimum Gasteiger partial charge on any atom is -0.506 e. The van der Waals surface area contributed by atoms with Gasteiger partial charge in [0, 0.05) is 22.2 Å².